The second kappa shape index (κ2) is 10.5. The lowest BCUT2D eigenvalue weighted by atomic mass is 10.0. The zero-order chi connectivity index (χ0) is 25.8. The summed E-state index contributed by atoms with van der Waals surface area (Å²) in [4.78, 5) is 33.8. The van der Waals surface area contributed by atoms with E-state index in [1.165, 1.54) is 0 Å². The molecule has 0 bridgehead atoms. The van der Waals surface area contributed by atoms with Gasteiger partial charge in [0.05, 0.1) is 18.1 Å². The van der Waals surface area contributed by atoms with Gasteiger partial charge in [0, 0.05) is 34.9 Å². The van der Waals surface area contributed by atoms with Crippen LogP contribution in [0.1, 0.15) is 31.0 Å². The van der Waals surface area contributed by atoms with E-state index in [2.05, 4.69) is 25.7 Å². The molecule has 3 aromatic heterocycles. The van der Waals surface area contributed by atoms with Gasteiger partial charge >= 0.3 is 6.09 Å². The van der Waals surface area contributed by atoms with Crippen LogP contribution < -0.4 is 10.6 Å². The summed E-state index contributed by atoms with van der Waals surface area (Å²) in [6.07, 6.45) is 4.78. The van der Waals surface area contributed by atoms with Gasteiger partial charge in [-0.2, -0.15) is 5.10 Å². The van der Waals surface area contributed by atoms with E-state index in [9.17, 15) is 9.59 Å². The predicted octanol–water partition coefficient (Wildman–Crippen LogP) is 4.97. The first-order valence-electron chi connectivity index (χ1n) is 12.1. The van der Waals surface area contributed by atoms with E-state index in [4.69, 9.17) is 4.74 Å². The number of amides is 2. The molecule has 0 saturated heterocycles. The average Bonchev–Trinajstić information content (AvgIpc) is 3.52. The summed E-state index contributed by atoms with van der Waals surface area (Å²) in [6.45, 7) is 4.16. The number of hydrogen-bond donors (Lipinski definition) is 3. The van der Waals surface area contributed by atoms with Gasteiger partial charge in [-0.3, -0.25) is 4.79 Å². The summed E-state index contributed by atoms with van der Waals surface area (Å²) in [5.41, 5.74) is 3.98. The zero-order valence-corrected chi connectivity index (χ0v) is 20.6. The maximum atomic E-state index is 13.4. The highest BCUT2D eigenvalue weighted by molar-refractivity contribution is 5.98. The average molecular weight is 497 g/mol. The number of ether oxygens (including phenoxy) is 1. The Morgan fingerprint density at radius 3 is 2.65 bits per heavy atom. The third-order valence-electron chi connectivity index (χ3n) is 6.11. The van der Waals surface area contributed by atoms with Crippen LogP contribution in [-0.4, -0.2) is 37.8 Å². The number of carbonyl (C=O) groups is 2. The molecule has 5 rings (SSSR count). The number of para-hydroxylation sites is 1. The van der Waals surface area contributed by atoms with E-state index in [-0.39, 0.29) is 25.0 Å². The number of alkyl carbamates (subject to hydrolysis) is 1. The second-order valence-electron chi connectivity index (χ2n) is 9.13. The van der Waals surface area contributed by atoms with Crippen molar-refractivity contribution in [1.29, 1.82) is 0 Å². The fraction of sp³-hybridized carbons (Fsp3) is 0.214. The van der Waals surface area contributed by atoms with Crippen molar-refractivity contribution in [1.82, 2.24) is 25.1 Å². The summed E-state index contributed by atoms with van der Waals surface area (Å²) >= 11 is 0. The molecule has 188 valence electrons. The molecule has 5 aromatic rings. The van der Waals surface area contributed by atoms with Gasteiger partial charge in [0.1, 0.15) is 12.6 Å². The monoisotopic (exact) mass is 496 g/mol. The maximum Gasteiger partial charge on any atom is 0.408 e. The highest BCUT2D eigenvalue weighted by Gasteiger charge is 2.24. The Morgan fingerprint density at radius 1 is 1.05 bits per heavy atom. The number of fused-ring (bicyclic) bond motifs is 2. The number of nitrogens with zero attached hydrogens (tertiary/aromatic N) is 3. The molecule has 0 aliphatic rings. The molecular formula is C28H28N6O3. The van der Waals surface area contributed by atoms with Crippen LogP contribution >= 0.6 is 0 Å². The van der Waals surface area contributed by atoms with Crippen molar-refractivity contribution in [3.63, 3.8) is 0 Å². The van der Waals surface area contributed by atoms with Crippen LogP contribution in [0, 0.1) is 0 Å². The van der Waals surface area contributed by atoms with Crippen molar-refractivity contribution in [2.45, 2.75) is 39.0 Å². The second-order valence-corrected chi connectivity index (χ2v) is 9.13. The molecule has 2 aromatic carbocycles. The van der Waals surface area contributed by atoms with E-state index in [1.54, 1.807) is 12.4 Å². The number of H-pyrrole nitrogens is 1. The first-order valence-corrected chi connectivity index (χ1v) is 12.1. The smallest absolute Gasteiger partial charge is 0.408 e. The molecule has 37 heavy (non-hydrogen) atoms. The van der Waals surface area contributed by atoms with Gasteiger partial charge in [-0.15, -0.1) is 0 Å². The number of pyridine rings is 1. The highest BCUT2D eigenvalue weighted by atomic mass is 16.5. The van der Waals surface area contributed by atoms with Crippen LogP contribution in [0.25, 0.3) is 21.9 Å². The zero-order valence-electron chi connectivity index (χ0n) is 20.6. The van der Waals surface area contributed by atoms with Crippen molar-refractivity contribution >= 4 is 39.6 Å². The number of rotatable bonds is 8. The minimum Gasteiger partial charge on any atom is -0.445 e. The minimum absolute atomic E-state index is 0.106. The first-order chi connectivity index (χ1) is 18.0. The van der Waals surface area contributed by atoms with Gasteiger partial charge < -0.3 is 20.4 Å². The summed E-state index contributed by atoms with van der Waals surface area (Å²) in [7, 11) is 0. The van der Waals surface area contributed by atoms with Crippen molar-refractivity contribution in [3.05, 3.63) is 90.4 Å². The Balaban J connectivity index is 1.34. The van der Waals surface area contributed by atoms with Crippen LogP contribution in [0.15, 0.2) is 79.3 Å². The summed E-state index contributed by atoms with van der Waals surface area (Å²) in [5, 5.41) is 11.8. The first kappa shape index (κ1) is 24.1. The lowest BCUT2D eigenvalue weighted by molar-refractivity contribution is -0.118. The molecule has 3 N–H and O–H groups in total. The molecule has 9 heteroatoms. The van der Waals surface area contributed by atoms with Gasteiger partial charge in [0.25, 0.3) is 0 Å². The largest absolute Gasteiger partial charge is 0.445 e. The van der Waals surface area contributed by atoms with Gasteiger partial charge in [0.2, 0.25) is 5.91 Å². The molecule has 0 aliphatic heterocycles. The van der Waals surface area contributed by atoms with Crippen LogP contribution in [0.5, 0.6) is 0 Å². The molecule has 3 heterocycles. The molecule has 9 nitrogen and oxygen atoms in total. The summed E-state index contributed by atoms with van der Waals surface area (Å²) < 4.78 is 7.21. The lowest BCUT2D eigenvalue weighted by Crippen LogP contribution is -2.45. The Morgan fingerprint density at radius 2 is 1.84 bits per heavy atom. The number of hydrogen-bond acceptors (Lipinski definition) is 5. The molecule has 0 aliphatic carbocycles. The minimum atomic E-state index is -0.878. The quantitative estimate of drug-likeness (QED) is 0.281. The number of aromatic amines is 1. The number of anilines is 1. The Labute approximate surface area is 213 Å². The van der Waals surface area contributed by atoms with Gasteiger partial charge in [-0.05, 0) is 37.1 Å². The van der Waals surface area contributed by atoms with E-state index < -0.39 is 12.1 Å². The van der Waals surface area contributed by atoms with Crippen LogP contribution in [0.4, 0.5) is 10.5 Å². The van der Waals surface area contributed by atoms with Gasteiger partial charge in [0.15, 0.2) is 5.65 Å². The molecule has 0 fully saturated rings. The van der Waals surface area contributed by atoms with E-state index >= 15 is 0 Å². The number of benzene rings is 2. The number of nitrogens with one attached hydrogen (secondary N) is 3. The predicted molar refractivity (Wildman–Crippen MR) is 142 cm³/mol. The molecule has 0 spiro atoms. The van der Waals surface area contributed by atoms with Crippen LogP contribution in [0.3, 0.4) is 0 Å². The Hall–Kier alpha value is -4.66. The maximum absolute atomic E-state index is 13.4. The summed E-state index contributed by atoms with van der Waals surface area (Å²) in [6, 6.07) is 18.3. The highest BCUT2D eigenvalue weighted by Crippen LogP contribution is 2.21. The van der Waals surface area contributed by atoms with Gasteiger partial charge in [-0.25, -0.2) is 14.5 Å². The van der Waals surface area contributed by atoms with Gasteiger partial charge in [-0.1, -0.05) is 48.5 Å². The lowest BCUT2D eigenvalue weighted by Gasteiger charge is -2.18. The topological polar surface area (TPSA) is 114 Å². The fourth-order valence-electron chi connectivity index (χ4n) is 4.25. The standard InChI is InChI=1S/C28H28N6O3/c1-18(2)34-26-21(15-31-34)12-22(16-30-26)32-27(35)25(13-20-14-29-24-11-7-6-10-23(20)24)33-28(36)37-17-19-8-4-3-5-9-19/h3-12,14-16,18,25,29H,13,17H2,1-2H3,(H,32,35)(H,33,36)/t25-/m1/s1. The number of carbonyl (C=O) groups excluding carboxylic acids is 2. The third-order valence-corrected chi connectivity index (χ3v) is 6.11. The van der Waals surface area contributed by atoms with Crippen molar-refractivity contribution in [2.24, 2.45) is 0 Å². The van der Waals surface area contributed by atoms with Crippen molar-refractivity contribution in [2.75, 3.05) is 5.32 Å². The molecule has 0 unspecified atom stereocenters. The van der Waals surface area contributed by atoms with Crippen LogP contribution in [0.2, 0.25) is 0 Å². The van der Waals surface area contributed by atoms with Crippen molar-refractivity contribution in [3.8, 4) is 0 Å². The Bertz CT molecular complexity index is 1540. The summed E-state index contributed by atoms with van der Waals surface area (Å²) in [5.74, 6) is -0.376. The molecular weight excluding hydrogens is 468 g/mol. The SMILES string of the molecule is CC(C)n1ncc2cc(NC(=O)[C@@H](Cc3c[nH]c4ccccc34)NC(=O)OCc3ccccc3)cnc21. The number of aromatic nitrogens is 4. The van der Waals surface area contributed by atoms with E-state index in [0.717, 1.165) is 33.1 Å². The molecule has 0 radical (unpaired) electrons. The van der Waals surface area contributed by atoms with Crippen LogP contribution in [-0.2, 0) is 22.6 Å². The van der Waals surface area contributed by atoms with Crippen molar-refractivity contribution < 1.29 is 14.3 Å². The van der Waals surface area contributed by atoms with E-state index in [1.807, 2.05) is 85.4 Å². The fourth-order valence-corrected chi connectivity index (χ4v) is 4.25. The van der Waals surface area contributed by atoms with E-state index in [0.29, 0.717) is 5.69 Å². The molecule has 2 amide bonds. The molecule has 1 atom stereocenters. The molecule has 0 saturated carbocycles. The normalized spacial score (nSPS) is 12.1. The third kappa shape index (κ3) is 5.45. The Kier molecular flexibility index (Phi) is 6.85.